The van der Waals surface area contributed by atoms with E-state index in [0.29, 0.717) is 10.9 Å². The van der Waals surface area contributed by atoms with Gasteiger partial charge in [-0.05, 0) is 31.9 Å². The van der Waals surface area contributed by atoms with Gasteiger partial charge in [0.15, 0.2) is 0 Å². The average molecular weight is 369 g/mol. The first-order chi connectivity index (χ1) is 10.1. The molecule has 3 rings (SSSR count). The molecule has 112 valence electrons. The molecule has 1 fully saturated rings. The summed E-state index contributed by atoms with van der Waals surface area (Å²) in [4.78, 5) is 4.86. The third kappa shape index (κ3) is 2.71. The fourth-order valence-corrected chi connectivity index (χ4v) is 3.95. The Morgan fingerprint density at radius 1 is 1.38 bits per heavy atom. The lowest BCUT2D eigenvalue weighted by atomic mass is 10.1. The van der Waals surface area contributed by atoms with E-state index in [1.807, 2.05) is 18.2 Å². The summed E-state index contributed by atoms with van der Waals surface area (Å²) in [7, 11) is 0. The van der Waals surface area contributed by atoms with Gasteiger partial charge in [0.2, 0.25) is 0 Å². The van der Waals surface area contributed by atoms with Crippen molar-refractivity contribution in [3.05, 3.63) is 33.5 Å². The van der Waals surface area contributed by atoms with Gasteiger partial charge >= 0.3 is 0 Å². The Hall–Kier alpha value is -1.00. The van der Waals surface area contributed by atoms with Crippen LogP contribution in [0.15, 0.2) is 22.7 Å². The molecular formula is C16H19BrClN3. The second-order valence-corrected chi connectivity index (χ2v) is 6.88. The molecule has 1 saturated carbocycles. The third-order valence-electron chi connectivity index (χ3n) is 4.26. The minimum absolute atomic E-state index is 0.537. The quantitative estimate of drug-likeness (QED) is 0.806. The van der Waals surface area contributed by atoms with Crippen molar-refractivity contribution in [2.24, 2.45) is 0 Å². The van der Waals surface area contributed by atoms with Gasteiger partial charge in [0.05, 0.1) is 5.02 Å². The second kappa shape index (κ2) is 6.01. The third-order valence-corrected chi connectivity index (χ3v) is 5.07. The van der Waals surface area contributed by atoms with Crippen molar-refractivity contribution in [2.45, 2.75) is 45.1 Å². The van der Waals surface area contributed by atoms with Crippen LogP contribution in [0.2, 0.25) is 5.02 Å². The number of imidazole rings is 1. The molecule has 5 heteroatoms. The van der Waals surface area contributed by atoms with Gasteiger partial charge in [-0.2, -0.15) is 0 Å². The van der Waals surface area contributed by atoms with E-state index >= 15 is 0 Å². The van der Waals surface area contributed by atoms with Crippen LogP contribution >= 0.6 is 27.5 Å². The number of anilines is 1. The van der Waals surface area contributed by atoms with E-state index in [0.717, 1.165) is 33.9 Å². The van der Waals surface area contributed by atoms with Gasteiger partial charge in [-0.15, -0.1) is 0 Å². The van der Waals surface area contributed by atoms with Crippen LogP contribution in [0.3, 0.4) is 0 Å². The molecule has 1 aromatic carbocycles. The zero-order valence-electron chi connectivity index (χ0n) is 12.1. The summed E-state index contributed by atoms with van der Waals surface area (Å²) in [5, 5.41) is 0.676. The monoisotopic (exact) mass is 367 g/mol. The van der Waals surface area contributed by atoms with Gasteiger partial charge < -0.3 is 10.3 Å². The van der Waals surface area contributed by atoms with Gasteiger partial charge in [-0.25, -0.2) is 4.98 Å². The minimum Gasteiger partial charge on any atom is -0.383 e. The number of nitrogens with zero attached hydrogens (tertiary/aromatic N) is 2. The van der Waals surface area contributed by atoms with Crippen LogP contribution < -0.4 is 5.73 Å². The molecule has 3 nitrogen and oxygen atoms in total. The van der Waals surface area contributed by atoms with E-state index in [-0.39, 0.29) is 0 Å². The number of halogens is 2. The number of rotatable bonds is 3. The molecule has 0 atom stereocenters. The highest BCUT2D eigenvalue weighted by atomic mass is 79.9. The van der Waals surface area contributed by atoms with Crippen molar-refractivity contribution in [3.63, 3.8) is 0 Å². The predicted molar refractivity (Wildman–Crippen MR) is 91.7 cm³/mol. The van der Waals surface area contributed by atoms with Crippen molar-refractivity contribution in [2.75, 3.05) is 5.73 Å². The van der Waals surface area contributed by atoms with Gasteiger partial charge in [-0.1, -0.05) is 46.4 Å². The SMILES string of the molecule is CCn1c(C2CCCC2)nc(-c2ccc(Br)cc2Cl)c1N. The Bertz CT molecular complexity index is 660. The Morgan fingerprint density at radius 2 is 2.10 bits per heavy atom. The summed E-state index contributed by atoms with van der Waals surface area (Å²) in [5.74, 6) is 2.39. The molecule has 0 bridgehead atoms. The molecule has 2 N–H and O–H groups in total. The molecule has 1 heterocycles. The lowest BCUT2D eigenvalue weighted by Crippen LogP contribution is -2.08. The zero-order chi connectivity index (χ0) is 15.0. The normalized spacial score (nSPS) is 15.8. The molecule has 1 aliphatic carbocycles. The molecule has 1 aromatic heterocycles. The topological polar surface area (TPSA) is 43.8 Å². The lowest BCUT2D eigenvalue weighted by molar-refractivity contribution is 0.604. The number of hydrogen-bond acceptors (Lipinski definition) is 2. The van der Waals surface area contributed by atoms with Crippen LogP contribution in [0.25, 0.3) is 11.3 Å². The number of nitrogens with two attached hydrogens (primary N) is 1. The van der Waals surface area contributed by atoms with Crippen molar-refractivity contribution in [1.82, 2.24) is 9.55 Å². The van der Waals surface area contributed by atoms with Crippen LogP contribution in [-0.2, 0) is 6.54 Å². The molecule has 21 heavy (non-hydrogen) atoms. The van der Waals surface area contributed by atoms with Crippen LogP contribution in [-0.4, -0.2) is 9.55 Å². The highest BCUT2D eigenvalue weighted by Crippen LogP contribution is 2.39. The summed E-state index contributed by atoms with van der Waals surface area (Å²) in [5.41, 5.74) is 8.07. The van der Waals surface area contributed by atoms with Crippen molar-refractivity contribution >= 4 is 33.3 Å². The second-order valence-electron chi connectivity index (χ2n) is 5.55. The Morgan fingerprint density at radius 3 is 2.71 bits per heavy atom. The summed E-state index contributed by atoms with van der Waals surface area (Å²) >= 11 is 9.80. The zero-order valence-corrected chi connectivity index (χ0v) is 14.4. The average Bonchev–Trinajstić information content (AvgIpc) is 3.07. The predicted octanol–water partition coefficient (Wildman–Crippen LogP) is 5.23. The molecule has 0 amide bonds. The molecule has 0 saturated heterocycles. The van der Waals surface area contributed by atoms with Crippen molar-refractivity contribution in [1.29, 1.82) is 0 Å². The van der Waals surface area contributed by atoms with Crippen LogP contribution in [0.5, 0.6) is 0 Å². The number of hydrogen-bond donors (Lipinski definition) is 1. The van der Waals surface area contributed by atoms with Crippen molar-refractivity contribution < 1.29 is 0 Å². The Labute approximate surface area is 138 Å². The molecule has 0 spiro atoms. The first-order valence-electron chi connectivity index (χ1n) is 7.43. The minimum atomic E-state index is 0.537. The van der Waals surface area contributed by atoms with Crippen LogP contribution in [0.1, 0.15) is 44.3 Å². The number of nitrogen functional groups attached to an aromatic ring is 1. The molecule has 0 radical (unpaired) electrons. The Balaban J connectivity index is 2.10. The summed E-state index contributed by atoms with van der Waals surface area (Å²) in [6.07, 6.45) is 5.00. The fourth-order valence-electron chi connectivity index (χ4n) is 3.19. The van der Waals surface area contributed by atoms with E-state index in [1.165, 1.54) is 25.7 Å². The standard InChI is InChI=1S/C16H19BrClN3/c1-2-21-15(19)14(12-8-7-11(17)9-13(12)18)20-16(21)10-5-3-4-6-10/h7-10H,2-6,19H2,1H3. The maximum Gasteiger partial charge on any atom is 0.131 e. The van der Waals surface area contributed by atoms with Gasteiger partial charge in [-0.3, -0.25) is 0 Å². The first-order valence-corrected chi connectivity index (χ1v) is 8.60. The lowest BCUT2D eigenvalue weighted by Gasteiger charge is -2.11. The highest BCUT2D eigenvalue weighted by Gasteiger charge is 2.25. The van der Waals surface area contributed by atoms with Crippen LogP contribution in [0.4, 0.5) is 5.82 Å². The van der Waals surface area contributed by atoms with Gasteiger partial charge in [0.1, 0.15) is 17.3 Å². The number of benzene rings is 1. The fraction of sp³-hybridized carbons (Fsp3) is 0.438. The largest absolute Gasteiger partial charge is 0.383 e. The summed E-state index contributed by atoms with van der Waals surface area (Å²) in [6.45, 7) is 2.96. The first kappa shape index (κ1) is 14.9. The highest BCUT2D eigenvalue weighted by molar-refractivity contribution is 9.10. The molecule has 1 aliphatic rings. The maximum absolute atomic E-state index is 6.37. The molecule has 0 aliphatic heterocycles. The number of aromatic nitrogens is 2. The summed E-state index contributed by atoms with van der Waals surface area (Å²) < 4.78 is 3.10. The van der Waals surface area contributed by atoms with E-state index in [1.54, 1.807) is 0 Å². The van der Waals surface area contributed by atoms with E-state index in [2.05, 4.69) is 27.4 Å². The maximum atomic E-state index is 6.37. The molecular weight excluding hydrogens is 350 g/mol. The van der Waals surface area contributed by atoms with E-state index in [4.69, 9.17) is 22.3 Å². The van der Waals surface area contributed by atoms with E-state index in [9.17, 15) is 0 Å². The van der Waals surface area contributed by atoms with Crippen LogP contribution in [0, 0.1) is 0 Å². The van der Waals surface area contributed by atoms with Gasteiger partial charge in [0, 0.05) is 22.5 Å². The van der Waals surface area contributed by atoms with Gasteiger partial charge in [0.25, 0.3) is 0 Å². The smallest absolute Gasteiger partial charge is 0.131 e. The summed E-state index contributed by atoms with van der Waals surface area (Å²) in [6, 6.07) is 5.83. The molecule has 2 aromatic rings. The Kier molecular flexibility index (Phi) is 4.27. The van der Waals surface area contributed by atoms with E-state index < -0.39 is 0 Å². The molecule has 0 unspecified atom stereocenters. The van der Waals surface area contributed by atoms with Crippen molar-refractivity contribution in [3.8, 4) is 11.3 Å².